The molecule has 0 spiro atoms. The fourth-order valence-electron chi connectivity index (χ4n) is 1.54. The third kappa shape index (κ3) is 4.13. The van der Waals surface area contributed by atoms with E-state index in [1.165, 1.54) is 0 Å². The minimum absolute atomic E-state index is 0.708. The van der Waals surface area contributed by atoms with Crippen LogP contribution < -0.4 is 4.74 Å². The second kappa shape index (κ2) is 6.98. The summed E-state index contributed by atoms with van der Waals surface area (Å²) in [6.07, 6.45) is 0.221. The summed E-state index contributed by atoms with van der Waals surface area (Å²) in [5, 5.41) is 11.9. The Kier molecular flexibility index (Phi) is 5.02. The van der Waals surface area contributed by atoms with Crippen molar-refractivity contribution in [3.8, 4) is 17.6 Å². The molecule has 0 amide bonds. The Morgan fingerprint density at radius 2 is 2.05 bits per heavy atom. The molecular formula is C16H16O2S. The molecule has 2 aromatic rings. The molecule has 0 saturated heterocycles. The van der Waals surface area contributed by atoms with E-state index in [4.69, 9.17) is 4.74 Å². The number of benzene rings is 1. The SMILES string of the molecule is CCCOc1ccc(C(O)C#Cc2cccs2)cc1. The van der Waals surface area contributed by atoms with Crippen molar-refractivity contribution in [3.05, 3.63) is 52.2 Å². The lowest BCUT2D eigenvalue weighted by molar-refractivity contribution is 0.238. The van der Waals surface area contributed by atoms with E-state index in [2.05, 4.69) is 18.8 Å². The average Bonchev–Trinajstić information content (AvgIpc) is 2.96. The van der Waals surface area contributed by atoms with Gasteiger partial charge in [0.2, 0.25) is 0 Å². The lowest BCUT2D eigenvalue weighted by atomic mass is 10.1. The van der Waals surface area contributed by atoms with Gasteiger partial charge in [-0.25, -0.2) is 0 Å². The van der Waals surface area contributed by atoms with E-state index in [1.54, 1.807) is 11.3 Å². The maximum absolute atomic E-state index is 9.98. The molecule has 2 rings (SSSR count). The molecule has 3 heteroatoms. The number of hydrogen-bond donors (Lipinski definition) is 1. The zero-order chi connectivity index (χ0) is 13.5. The van der Waals surface area contributed by atoms with Crippen LogP contribution in [0, 0.1) is 11.8 Å². The number of aliphatic hydroxyl groups excluding tert-OH is 1. The maximum atomic E-state index is 9.98. The Labute approximate surface area is 117 Å². The standard InChI is InChI=1S/C16H16O2S/c1-2-11-18-14-7-5-13(6-8-14)16(17)10-9-15-4-3-12-19-15/h3-8,12,16-17H,2,11H2,1H3. The van der Waals surface area contributed by atoms with E-state index in [9.17, 15) is 5.11 Å². The summed E-state index contributed by atoms with van der Waals surface area (Å²) in [5.74, 6) is 6.62. The third-order valence-corrected chi connectivity index (χ3v) is 3.31. The molecule has 2 nitrogen and oxygen atoms in total. The van der Waals surface area contributed by atoms with Crippen LogP contribution in [0.4, 0.5) is 0 Å². The van der Waals surface area contributed by atoms with Crippen molar-refractivity contribution in [3.63, 3.8) is 0 Å². The van der Waals surface area contributed by atoms with Crippen molar-refractivity contribution in [2.75, 3.05) is 6.61 Å². The first-order valence-corrected chi connectivity index (χ1v) is 7.13. The second-order valence-corrected chi connectivity index (χ2v) is 5.01. The summed E-state index contributed by atoms with van der Waals surface area (Å²) in [5.41, 5.74) is 0.785. The van der Waals surface area contributed by atoms with E-state index in [-0.39, 0.29) is 0 Å². The van der Waals surface area contributed by atoms with Crippen molar-refractivity contribution in [2.24, 2.45) is 0 Å². The average molecular weight is 272 g/mol. The molecule has 19 heavy (non-hydrogen) atoms. The Bertz CT molecular complexity index is 547. The molecule has 0 bridgehead atoms. The predicted molar refractivity (Wildman–Crippen MR) is 78.4 cm³/mol. The molecule has 0 saturated carbocycles. The number of thiophene rings is 1. The highest BCUT2D eigenvalue weighted by Crippen LogP contribution is 2.18. The van der Waals surface area contributed by atoms with Crippen LogP contribution in [0.1, 0.15) is 29.9 Å². The van der Waals surface area contributed by atoms with E-state index in [0.717, 1.165) is 22.6 Å². The predicted octanol–water partition coefficient (Wildman–Crippen LogP) is 3.62. The topological polar surface area (TPSA) is 29.5 Å². The summed E-state index contributed by atoms with van der Waals surface area (Å²) in [7, 11) is 0. The molecule has 0 aliphatic carbocycles. The first-order valence-electron chi connectivity index (χ1n) is 6.25. The Hall–Kier alpha value is -1.76. The number of hydrogen-bond acceptors (Lipinski definition) is 3. The van der Waals surface area contributed by atoms with Gasteiger partial charge >= 0.3 is 0 Å². The lowest BCUT2D eigenvalue weighted by Gasteiger charge is -2.07. The van der Waals surface area contributed by atoms with Crippen LogP contribution in [-0.2, 0) is 0 Å². The van der Waals surface area contributed by atoms with Gasteiger partial charge in [0.15, 0.2) is 0 Å². The van der Waals surface area contributed by atoms with Crippen LogP contribution in [0.3, 0.4) is 0 Å². The summed E-state index contributed by atoms with van der Waals surface area (Å²) < 4.78 is 5.49. The largest absolute Gasteiger partial charge is 0.494 e. The van der Waals surface area contributed by atoms with Gasteiger partial charge < -0.3 is 9.84 Å². The summed E-state index contributed by atoms with van der Waals surface area (Å²) in [6.45, 7) is 2.78. The number of ether oxygens (including phenoxy) is 1. The fraction of sp³-hybridized carbons (Fsp3) is 0.250. The quantitative estimate of drug-likeness (QED) is 0.861. The Morgan fingerprint density at radius 1 is 1.26 bits per heavy atom. The highest BCUT2D eigenvalue weighted by atomic mass is 32.1. The van der Waals surface area contributed by atoms with Gasteiger partial charge in [-0.3, -0.25) is 0 Å². The molecule has 1 aromatic heterocycles. The van der Waals surface area contributed by atoms with Crippen molar-refractivity contribution >= 4 is 11.3 Å². The van der Waals surface area contributed by atoms with Crippen LogP contribution in [0.25, 0.3) is 0 Å². The van der Waals surface area contributed by atoms with Crippen LogP contribution >= 0.6 is 11.3 Å². The van der Waals surface area contributed by atoms with Crippen LogP contribution in [-0.4, -0.2) is 11.7 Å². The fourth-order valence-corrected chi connectivity index (χ4v) is 2.12. The molecule has 0 fully saturated rings. The van der Waals surface area contributed by atoms with E-state index in [0.29, 0.717) is 6.61 Å². The van der Waals surface area contributed by atoms with E-state index in [1.807, 2.05) is 41.8 Å². The van der Waals surface area contributed by atoms with E-state index < -0.39 is 6.10 Å². The number of aliphatic hydroxyl groups is 1. The molecule has 1 atom stereocenters. The first kappa shape index (κ1) is 13.7. The second-order valence-electron chi connectivity index (χ2n) is 4.07. The van der Waals surface area contributed by atoms with Crippen LogP contribution in [0.2, 0.25) is 0 Å². The van der Waals surface area contributed by atoms with Gasteiger partial charge in [-0.2, -0.15) is 0 Å². The highest BCUT2D eigenvalue weighted by molar-refractivity contribution is 7.10. The normalized spacial score (nSPS) is 11.5. The van der Waals surface area contributed by atoms with Gasteiger partial charge in [0.25, 0.3) is 0 Å². The third-order valence-electron chi connectivity index (χ3n) is 2.52. The monoisotopic (exact) mass is 272 g/mol. The molecule has 1 N–H and O–H groups in total. The van der Waals surface area contributed by atoms with Gasteiger partial charge in [-0.05, 0) is 35.6 Å². The minimum Gasteiger partial charge on any atom is -0.494 e. The first-order chi connectivity index (χ1) is 9.29. The molecule has 1 aromatic carbocycles. The van der Waals surface area contributed by atoms with Crippen molar-refractivity contribution in [1.29, 1.82) is 0 Å². The van der Waals surface area contributed by atoms with Gasteiger partial charge in [0.1, 0.15) is 11.9 Å². The zero-order valence-electron chi connectivity index (χ0n) is 10.8. The molecule has 98 valence electrons. The van der Waals surface area contributed by atoms with Crippen LogP contribution in [0.5, 0.6) is 5.75 Å². The maximum Gasteiger partial charge on any atom is 0.140 e. The molecule has 0 radical (unpaired) electrons. The summed E-state index contributed by atoms with van der Waals surface area (Å²) >= 11 is 1.57. The molecule has 1 unspecified atom stereocenters. The van der Waals surface area contributed by atoms with Crippen LogP contribution in [0.15, 0.2) is 41.8 Å². The van der Waals surface area contributed by atoms with E-state index >= 15 is 0 Å². The summed E-state index contributed by atoms with van der Waals surface area (Å²) in [6, 6.07) is 11.3. The molecule has 1 heterocycles. The Balaban J connectivity index is 2.01. The van der Waals surface area contributed by atoms with Gasteiger partial charge in [0, 0.05) is 0 Å². The van der Waals surface area contributed by atoms with Gasteiger partial charge in [-0.1, -0.05) is 37.0 Å². The smallest absolute Gasteiger partial charge is 0.140 e. The van der Waals surface area contributed by atoms with Gasteiger partial charge in [0.05, 0.1) is 11.5 Å². The molecule has 0 aliphatic rings. The van der Waals surface area contributed by atoms with Crippen molar-refractivity contribution < 1.29 is 9.84 Å². The summed E-state index contributed by atoms with van der Waals surface area (Å²) in [4.78, 5) is 0.960. The molecular weight excluding hydrogens is 256 g/mol. The van der Waals surface area contributed by atoms with Crippen molar-refractivity contribution in [2.45, 2.75) is 19.4 Å². The highest BCUT2D eigenvalue weighted by Gasteiger charge is 2.03. The van der Waals surface area contributed by atoms with Gasteiger partial charge in [-0.15, -0.1) is 11.3 Å². The lowest BCUT2D eigenvalue weighted by Crippen LogP contribution is -1.97. The molecule has 0 aliphatic heterocycles. The Morgan fingerprint density at radius 3 is 2.68 bits per heavy atom. The minimum atomic E-state index is -0.762. The van der Waals surface area contributed by atoms with Crippen molar-refractivity contribution in [1.82, 2.24) is 0 Å². The number of rotatable bonds is 4. The zero-order valence-corrected chi connectivity index (χ0v) is 11.6.